The van der Waals surface area contributed by atoms with Crippen molar-refractivity contribution in [3.05, 3.63) is 65.9 Å². The highest BCUT2D eigenvalue weighted by Gasteiger charge is 1.96. The van der Waals surface area contributed by atoms with Gasteiger partial charge < -0.3 is 0 Å². The number of allylic oxidation sites excluding steroid dienone is 1. The van der Waals surface area contributed by atoms with Crippen LogP contribution >= 0.6 is 0 Å². The largest absolute Gasteiger partial charge is 0.261 e. The number of rotatable bonds is 8. The molecule has 1 aromatic carbocycles. The molecule has 114 valence electrons. The van der Waals surface area contributed by atoms with Gasteiger partial charge in [-0.15, -0.1) is 0 Å². The molecule has 3 nitrogen and oxygen atoms in total. The monoisotopic (exact) mass is 293 g/mol. The summed E-state index contributed by atoms with van der Waals surface area (Å²) in [4.78, 5) is 4.19. The number of hydrogen-bond donors (Lipinski definition) is 1. The highest BCUT2D eigenvalue weighted by atomic mass is 15.3. The minimum Gasteiger partial charge on any atom is -0.261 e. The second-order valence-electron chi connectivity index (χ2n) is 5.17. The van der Waals surface area contributed by atoms with Crippen LogP contribution < -0.4 is 5.43 Å². The standard InChI is InChI=1S/C19H23N3/c1-2-3-5-12-18(15-17-10-6-4-7-11-17)16-21-22-19-13-8-9-14-20-19/h4,6-11,13-16H,2-3,5,12H2,1H3,(H,20,22)/b18-15+,21-16-. The van der Waals surface area contributed by atoms with Gasteiger partial charge in [0.05, 0.1) is 6.21 Å². The predicted molar refractivity (Wildman–Crippen MR) is 94.9 cm³/mol. The van der Waals surface area contributed by atoms with Crippen molar-refractivity contribution in [1.29, 1.82) is 0 Å². The zero-order valence-electron chi connectivity index (χ0n) is 13.1. The number of unbranched alkanes of at least 4 members (excludes halogenated alkanes) is 2. The Morgan fingerprint density at radius 1 is 1.09 bits per heavy atom. The Hall–Kier alpha value is -2.42. The summed E-state index contributed by atoms with van der Waals surface area (Å²) >= 11 is 0. The van der Waals surface area contributed by atoms with E-state index in [0.29, 0.717) is 0 Å². The molecule has 0 atom stereocenters. The topological polar surface area (TPSA) is 37.3 Å². The SMILES string of the molecule is CCCCCC(/C=N\Nc1ccccn1)=C\c1ccccc1. The van der Waals surface area contributed by atoms with E-state index in [0.717, 1.165) is 12.2 Å². The molecule has 3 heteroatoms. The molecule has 1 N–H and O–H groups in total. The summed E-state index contributed by atoms with van der Waals surface area (Å²) in [6, 6.07) is 16.1. The van der Waals surface area contributed by atoms with Crippen molar-refractivity contribution < 1.29 is 0 Å². The first-order valence-electron chi connectivity index (χ1n) is 7.84. The first-order chi connectivity index (χ1) is 10.9. The molecule has 0 saturated carbocycles. The minimum atomic E-state index is 0.756. The molecule has 0 fully saturated rings. The van der Waals surface area contributed by atoms with E-state index >= 15 is 0 Å². The van der Waals surface area contributed by atoms with E-state index in [9.17, 15) is 0 Å². The maximum Gasteiger partial charge on any atom is 0.146 e. The third kappa shape index (κ3) is 5.92. The van der Waals surface area contributed by atoms with Crippen LogP contribution in [0.2, 0.25) is 0 Å². The normalized spacial score (nSPS) is 11.8. The smallest absolute Gasteiger partial charge is 0.146 e. The fourth-order valence-electron chi connectivity index (χ4n) is 2.13. The third-order valence-electron chi connectivity index (χ3n) is 3.30. The quantitative estimate of drug-likeness (QED) is 0.415. The van der Waals surface area contributed by atoms with Crippen LogP contribution in [0, 0.1) is 0 Å². The van der Waals surface area contributed by atoms with Gasteiger partial charge in [-0.05, 0) is 36.1 Å². The van der Waals surface area contributed by atoms with Gasteiger partial charge in [0.25, 0.3) is 0 Å². The first-order valence-corrected chi connectivity index (χ1v) is 7.84. The summed E-state index contributed by atoms with van der Waals surface area (Å²) < 4.78 is 0. The fourth-order valence-corrected chi connectivity index (χ4v) is 2.13. The van der Waals surface area contributed by atoms with E-state index in [-0.39, 0.29) is 0 Å². The average Bonchev–Trinajstić information content (AvgIpc) is 2.57. The fraction of sp³-hybridized carbons (Fsp3) is 0.263. The number of nitrogens with one attached hydrogen (secondary N) is 1. The molecule has 1 heterocycles. The molecule has 0 unspecified atom stereocenters. The number of benzene rings is 1. The molecule has 0 aliphatic rings. The Kier molecular flexibility index (Phi) is 6.89. The average molecular weight is 293 g/mol. The first kappa shape index (κ1) is 16.0. The van der Waals surface area contributed by atoms with Gasteiger partial charge in [0.1, 0.15) is 5.82 Å². The van der Waals surface area contributed by atoms with Crippen molar-refractivity contribution >= 4 is 18.1 Å². The van der Waals surface area contributed by atoms with E-state index in [1.54, 1.807) is 6.20 Å². The summed E-state index contributed by atoms with van der Waals surface area (Å²) in [5.41, 5.74) is 5.40. The van der Waals surface area contributed by atoms with Gasteiger partial charge in [0.15, 0.2) is 0 Å². The highest BCUT2D eigenvalue weighted by molar-refractivity contribution is 5.85. The van der Waals surface area contributed by atoms with Crippen molar-refractivity contribution in [2.24, 2.45) is 5.10 Å². The van der Waals surface area contributed by atoms with Gasteiger partial charge in [0.2, 0.25) is 0 Å². The van der Waals surface area contributed by atoms with E-state index in [4.69, 9.17) is 0 Å². The van der Waals surface area contributed by atoms with Crippen LogP contribution in [-0.4, -0.2) is 11.2 Å². The summed E-state index contributed by atoms with van der Waals surface area (Å²) in [5.74, 6) is 0.756. The molecule has 22 heavy (non-hydrogen) atoms. The van der Waals surface area contributed by atoms with Crippen LogP contribution in [0.5, 0.6) is 0 Å². The zero-order chi connectivity index (χ0) is 15.5. The van der Waals surface area contributed by atoms with Crippen molar-refractivity contribution in [2.75, 3.05) is 5.43 Å². The lowest BCUT2D eigenvalue weighted by Crippen LogP contribution is -1.94. The van der Waals surface area contributed by atoms with Gasteiger partial charge in [-0.25, -0.2) is 4.98 Å². The molecule has 0 amide bonds. The molecular formula is C19H23N3. The van der Waals surface area contributed by atoms with Crippen LogP contribution in [0.4, 0.5) is 5.82 Å². The van der Waals surface area contributed by atoms with Crippen LogP contribution in [-0.2, 0) is 0 Å². The summed E-state index contributed by atoms with van der Waals surface area (Å²) in [6.45, 7) is 2.22. The van der Waals surface area contributed by atoms with Gasteiger partial charge in [-0.2, -0.15) is 5.10 Å². The van der Waals surface area contributed by atoms with Crippen molar-refractivity contribution in [2.45, 2.75) is 32.6 Å². The Balaban J connectivity index is 2.02. The summed E-state index contributed by atoms with van der Waals surface area (Å²) in [5, 5.41) is 4.31. The zero-order valence-corrected chi connectivity index (χ0v) is 13.1. The highest BCUT2D eigenvalue weighted by Crippen LogP contribution is 2.12. The second-order valence-corrected chi connectivity index (χ2v) is 5.17. The number of anilines is 1. The molecule has 2 rings (SSSR count). The number of nitrogens with zero attached hydrogens (tertiary/aromatic N) is 2. The van der Waals surface area contributed by atoms with Crippen molar-refractivity contribution in [3.63, 3.8) is 0 Å². The number of pyridine rings is 1. The van der Waals surface area contributed by atoms with Crippen molar-refractivity contribution in [3.8, 4) is 0 Å². The lowest BCUT2D eigenvalue weighted by Gasteiger charge is -2.03. The van der Waals surface area contributed by atoms with E-state index in [1.165, 1.54) is 30.4 Å². The Morgan fingerprint density at radius 3 is 2.64 bits per heavy atom. The molecule has 0 saturated heterocycles. The van der Waals surface area contributed by atoms with Gasteiger partial charge in [-0.1, -0.05) is 62.2 Å². The van der Waals surface area contributed by atoms with E-state index in [1.807, 2.05) is 30.5 Å². The minimum absolute atomic E-state index is 0.756. The molecular weight excluding hydrogens is 270 g/mol. The maximum absolute atomic E-state index is 4.31. The van der Waals surface area contributed by atoms with Crippen LogP contribution in [0.3, 0.4) is 0 Å². The number of aromatic nitrogens is 1. The van der Waals surface area contributed by atoms with E-state index < -0.39 is 0 Å². The summed E-state index contributed by atoms with van der Waals surface area (Å²) in [7, 11) is 0. The number of hydrogen-bond acceptors (Lipinski definition) is 3. The number of hydrazone groups is 1. The molecule has 0 aliphatic heterocycles. The van der Waals surface area contributed by atoms with Gasteiger partial charge in [-0.3, -0.25) is 5.43 Å². The molecule has 0 spiro atoms. The van der Waals surface area contributed by atoms with Crippen LogP contribution in [0.1, 0.15) is 38.2 Å². The van der Waals surface area contributed by atoms with Crippen molar-refractivity contribution in [1.82, 2.24) is 4.98 Å². The Labute approximate surface area is 132 Å². The van der Waals surface area contributed by atoms with E-state index in [2.05, 4.69) is 52.8 Å². The third-order valence-corrected chi connectivity index (χ3v) is 3.30. The molecule has 1 aromatic heterocycles. The predicted octanol–water partition coefficient (Wildman–Crippen LogP) is 5.14. The Morgan fingerprint density at radius 2 is 1.91 bits per heavy atom. The molecule has 0 bridgehead atoms. The molecule has 2 aromatic rings. The lowest BCUT2D eigenvalue weighted by molar-refractivity contribution is 0.724. The molecule has 0 radical (unpaired) electrons. The maximum atomic E-state index is 4.31. The summed E-state index contributed by atoms with van der Waals surface area (Å²) in [6.07, 6.45) is 10.5. The molecule has 0 aliphatic carbocycles. The van der Waals surface area contributed by atoms with Gasteiger partial charge in [0, 0.05) is 6.20 Å². The van der Waals surface area contributed by atoms with Crippen LogP contribution in [0.25, 0.3) is 6.08 Å². The lowest BCUT2D eigenvalue weighted by atomic mass is 10.1. The second kappa shape index (κ2) is 9.50. The van der Waals surface area contributed by atoms with Gasteiger partial charge >= 0.3 is 0 Å². The Bertz CT molecular complexity index is 589. The van der Waals surface area contributed by atoms with Crippen LogP contribution in [0.15, 0.2) is 65.4 Å².